The van der Waals surface area contributed by atoms with Crippen molar-refractivity contribution >= 4 is 40.0 Å². The number of hydrogen-bond donors (Lipinski definition) is 0. The second kappa shape index (κ2) is 20.9. The molecule has 0 atom stereocenters. The minimum Gasteiger partial charge on any atom is -0.494 e. The molecule has 3 aromatic carbocycles. The first kappa shape index (κ1) is 43.6. The summed E-state index contributed by atoms with van der Waals surface area (Å²) >= 11 is 5.67. The Hall–Kier alpha value is -4.49. The minimum atomic E-state index is -0.385. The average molecular weight is 853 g/mol. The zero-order chi connectivity index (χ0) is 41.9. The molecule has 1 aliphatic rings. The van der Waals surface area contributed by atoms with Crippen LogP contribution < -0.4 is 4.74 Å². The van der Waals surface area contributed by atoms with E-state index in [0.29, 0.717) is 6.42 Å². The molecule has 0 radical (unpaired) electrons. The monoisotopic (exact) mass is 852 g/mol. The van der Waals surface area contributed by atoms with Crippen LogP contribution >= 0.6 is 34.0 Å². The summed E-state index contributed by atoms with van der Waals surface area (Å²) in [5.74, 6) is 0.764. The Bertz CT molecular complexity index is 2340. The van der Waals surface area contributed by atoms with Crippen molar-refractivity contribution < 1.29 is 14.3 Å². The van der Waals surface area contributed by atoms with Crippen LogP contribution in [0.5, 0.6) is 5.75 Å². The summed E-state index contributed by atoms with van der Waals surface area (Å²) in [6.45, 7) is 14.9. The summed E-state index contributed by atoms with van der Waals surface area (Å²) in [5.41, 5.74) is 9.73. The van der Waals surface area contributed by atoms with Crippen molar-refractivity contribution in [2.45, 2.75) is 116 Å². The molecule has 0 spiro atoms. The first-order valence-electron chi connectivity index (χ1n) is 22.1. The van der Waals surface area contributed by atoms with Crippen LogP contribution in [0, 0.1) is 6.92 Å². The predicted molar refractivity (Wildman–Crippen MR) is 260 cm³/mol. The molecule has 60 heavy (non-hydrogen) atoms. The molecule has 3 aromatic heterocycles. The molecule has 0 saturated heterocycles. The number of unbranched alkanes of at least 4 members (excludes halogenated alkanes) is 7. The molecule has 1 aliphatic carbocycles. The van der Waals surface area contributed by atoms with Crippen molar-refractivity contribution in [2.75, 3.05) is 6.61 Å². The molecule has 6 heteroatoms. The highest BCUT2D eigenvalue weighted by atomic mass is 32.1. The molecule has 0 amide bonds. The lowest BCUT2D eigenvalue weighted by atomic mass is 9.71. The van der Waals surface area contributed by atoms with Crippen LogP contribution in [-0.4, -0.2) is 18.7 Å². The van der Waals surface area contributed by atoms with Crippen molar-refractivity contribution in [3.63, 3.8) is 0 Å². The summed E-state index contributed by atoms with van der Waals surface area (Å²) in [4.78, 5) is 19.9. The summed E-state index contributed by atoms with van der Waals surface area (Å²) in [5, 5.41) is 0. The van der Waals surface area contributed by atoms with Gasteiger partial charge in [0.25, 0.3) is 0 Å². The fraction of sp³-hybridized carbons (Fsp3) is 0.352. The summed E-state index contributed by atoms with van der Waals surface area (Å²) < 4.78 is 11.4. The standard InChI is InChI=1S/C54H60O3S3/c1-6-33-54(34-7-2)46-36-40(22-26-44(46)45-27-23-41(37-47(45)54)50-31-32-52(60-50)51-28-19-38(5)58-51)49-30-29-48(59-49)39-20-24-43(25-21-39)56-35-17-15-13-11-10-12-14-16-18-53(55)57-42(8-3)9-4/h8-9,19-32,36-37,42H,3-4,6-7,10-18,33-35H2,1-2,5H3. The number of fused-ring (bicyclic) bond motifs is 3. The first-order chi connectivity index (χ1) is 29.3. The molecule has 7 rings (SSSR count). The third-order valence-electron chi connectivity index (χ3n) is 11.9. The Morgan fingerprint density at radius 1 is 0.600 bits per heavy atom. The van der Waals surface area contributed by atoms with Crippen LogP contribution in [0.4, 0.5) is 0 Å². The van der Waals surface area contributed by atoms with E-state index in [0.717, 1.165) is 63.7 Å². The molecule has 3 nitrogen and oxygen atoms in total. The number of ether oxygens (including phenoxy) is 2. The van der Waals surface area contributed by atoms with Gasteiger partial charge in [0.2, 0.25) is 0 Å². The van der Waals surface area contributed by atoms with E-state index in [-0.39, 0.29) is 17.5 Å². The van der Waals surface area contributed by atoms with Gasteiger partial charge in [-0.3, -0.25) is 4.79 Å². The highest BCUT2D eigenvalue weighted by Gasteiger charge is 2.42. The van der Waals surface area contributed by atoms with Crippen molar-refractivity contribution in [3.05, 3.63) is 138 Å². The lowest BCUT2D eigenvalue weighted by molar-refractivity contribution is -0.145. The van der Waals surface area contributed by atoms with E-state index in [1.165, 1.54) is 93.9 Å². The predicted octanol–water partition coefficient (Wildman–Crippen LogP) is 16.9. The van der Waals surface area contributed by atoms with Gasteiger partial charge in [-0.15, -0.1) is 34.0 Å². The molecule has 0 bridgehead atoms. The Morgan fingerprint density at radius 2 is 1.08 bits per heavy atom. The van der Waals surface area contributed by atoms with Crippen LogP contribution in [0.25, 0.3) is 52.2 Å². The maximum absolute atomic E-state index is 11.9. The highest BCUT2D eigenvalue weighted by molar-refractivity contribution is 7.23. The quantitative estimate of drug-likeness (QED) is 0.0366. The number of rotatable bonds is 23. The van der Waals surface area contributed by atoms with Crippen LogP contribution in [-0.2, 0) is 14.9 Å². The zero-order valence-corrected chi connectivity index (χ0v) is 38.2. The van der Waals surface area contributed by atoms with E-state index in [9.17, 15) is 4.79 Å². The largest absolute Gasteiger partial charge is 0.494 e. The molecule has 0 N–H and O–H groups in total. The van der Waals surface area contributed by atoms with Crippen LogP contribution in [0.1, 0.15) is 113 Å². The minimum absolute atomic E-state index is 0.0166. The molecule has 0 unspecified atom stereocenters. The van der Waals surface area contributed by atoms with Crippen LogP contribution in [0.15, 0.2) is 122 Å². The van der Waals surface area contributed by atoms with Gasteiger partial charge in [-0.25, -0.2) is 0 Å². The van der Waals surface area contributed by atoms with Crippen molar-refractivity contribution in [2.24, 2.45) is 0 Å². The van der Waals surface area contributed by atoms with Gasteiger partial charge in [0, 0.05) is 41.1 Å². The number of esters is 1. The van der Waals surface area contributed by atoms with E-state index in [1.807, 2.05) is 34.0 Å². The number of hydrogen-bond acceptors (Lipinski definition) is 6. The molecule has 0 fully saturated rings. The fourth-order valence-electron chi connectivity index (χ4n) is 8.90. The van der Waals surface area contributed by atoms with Crippen molar-refractivity contribution in [3.8, 4) is 58.0 Å². The van der Waals surface area contributed by atoms with E-state index in [1.54, 1.807) is 12.2 Å². The second-order valence-corrected chi connectivity index (χ2v) is 19.7. The summed E-state index contributed by atoms with van der Waals surface area (Å²) in [6, 6.07) is 36.9. The number of carbonyl (C=O) groups is 1. The second-order valence-electron chi connectivity index (χ2n) is 16.2. The van der Waals surface area contributed by atoms with Gasteiger partial charge in [-0.05, 0) is 156 Å². The van der Waals surface area contributed by atoms with Crippen molar-refractivity contribution in [1.29, 1.82) is 0 Å². The maximum atomic E-state index is 11.9. The zero-order valence-electron chi connectivity index (χ0n) is 35.7. The number of thiophene rings is 3. The smallest absolute Gasteiger partial charge is 0.306 e. The topological polar surface area (TPSA) is 35.5 Å². The van der Waals surface area contributed by atoms with Gasteiger partial charge in [0.05, 0.1) is 6.61 Å². The normalized spacial score (nSPS) is 12.7. The summed E-state index contributed by atoms with van der Waals surface area (Å²) in [7, 11) is 0. The van der Waals surface area contributed by atoms with E-state index in [4.69, 9.17) is 9.47 Å². The van der Waals surface area contributed by atoms with E-state index < -0.39 is 0 Å². The van der Waals surface area contributed by atoms with Gasteiger partial charge >= 0.3 is 5.97 Å². The lowest BCUT2D eigenvalue weighted by Crippen LogP contribution is -2.25. The number of carbonyl (C=O) groups excluding carboxylic acids is 1. The van der Waals surface area contributed by atoms with Crippen molar-refractivity contribution in [1.82, 2.24) is 0 Å². The third kappa shape index (κ3) is 10.2. The number of aryl methyl sites for hydroxylation is 1. The molecule has 0 aliphatic heterocycles. The van der Waals surface area contributed by atoms with Gasteiger partial charge in [-0.1, -0.05) is 103 Å². The van der Waals surface area contributed by atoms with Gasteiger partial charge < -0.3 is 9.47 Å². The van der Waals surface area contributed by atoms with Gasteiger partial charge in [0.15, 0.2) is 0 Å². The molecule has 6 aromatic rings. The molecular weight excluding hydrogens is 793 g/mol. The third-order valence-corrected chi connectivity index (χ3v) is 15.4. The Morgan fingerprint density at radius 3 is 1.63 bits per heavy atom. The average Bonchev–Trinajstić information content (AvgIpc) is 4.09. The maximum Gasteiger partial charge on any atom is 0.306 e. The SMILES string of the molecule is C=CC(C=C)OC(=O)CCCCCCCCCCOc1ccc(-c2ccc(-c3ccc4c(c3)C(CCC)(CCC)c3cc(-c5ccc(-c6ccc(C)s6)s5)ccc3-4)s2)cc1. The van der Waals surface area contributed by atoms with Gasteiger partial charge in [-0.2, -0.15) is 0 Å². The fourth-order valence-corrected chi connectivity index (χ4v) is 11.9. The van der Waals surface area contributed by atoms with E-state index in [2.05, 4.69) is 131 Å². The molecule has 3 heterocycles. The van der Waals surface area contributed by atoms with Crippen LogP contribution in [0.3, 0.4) is 0 Å². The Labute approximate surface area is 370 Å². The highest BCUT2D eigenvalue weighted by Crippen LogP contribution is 2.56. The Kier molecular flexibility index (Phi) is 15.2. The molecule has 312 valence electrons. The van der Waals surface area contributed by atoms with Gasteiger partial charge in [0.1, 0.15) is 11.9 Å². The Balaban J connectivity index is 0.930. The molecule has 0 saturated carbocycles. The molecular formula is C54H60O3S3. The number of benzene rings is 3. The van der Waals surface area contributed by atoms with E-state index >= 15 is 0 Å². The first-order valence-corrected chi connectivity index (χ1v) is 24.5. The summed E-state index contributed by atoms with van der Waals surface area (Å²) in [6.07, 6.45) is 16.8. The van der Waals surface area contributed by atoms with Crippen LogP contribution in [0.2, 0.25) is 0 Å². The lowest BCUT2D eigenvalue weighted by Gasteiger charge is -2.32.